The summed E-state index contributed by atoms with van der Waals surface area (Å²) in [7, 11) is 0. The zero-order chi connectivity index (χ0) is 32.1. The van der Waals surface area contributed by atoms with Crippen LogP contribution in [0.2, 0.25) is 0 Å². The van der Waals surface area contributed by atoms with Gasteiger partial charge in [-0.15, -0.1) is 0 Å². The second-order valence-corrected chi connectivity index (χ2v) is 11.8. The minimum absolute atomic E-state index is 0.292. The Balaban J connectivity index is 1.35. The highest BCUT2D eigenvalue weighted by atomic mass is 16.6. The van der Waals surface area contributed by atoms with Gasteiger partial charge in [0, 0.05) is 0 Å². The van der Waals surface area contributed by atoms with Crippen molar-refractivity contribution in [3.05, 3.63) is 179 Å². The van der Waals surface area contributed by atoms with Crippen molar-refractivity contribution in [2.24, 2.45) is 0 Å². The highest BCUT2D eigenvalue weighted by molar-refractivity contribution is 5.18. The summed E-state index contributed by atoms with van der Waals surface area (Å²) in [6.45, 7) is 1.54. The van der Waals surface area contributed by atoms with Gasteiger partial charge in [-0.3, -0.25) is 0 Å². The first-order valence-electron chi connectivity index (χ1n) is 16.2. The Kier molecular flexibility index (Phi) is 12.0. The van der Waals surface area contributed by atoms with Gasteiger partial charge >= 0.3 is 0 Å². The molecule has 1 saturated carbocycles. The molecule has 1 aliphatic carbocycles. The Bertz CT molecular complexity index is 1470. The van der Waals surface area contributed by atoms with E-state index in [1.807, 2.05) is 152 Å². The topological polar surface area (TPSA) is 66.4 Å². The van der Waals surface area contributed by atoms with Crippen molar-refractivity contribution in [2.75, 3.05) is 0 Å². The molecule has 1 N–H and O–H groups in total. The van der Waals surface area contributed by atoms with Gasteiger partial charge in [0.15, 0.2) is 0 Å². The second kappa shape index (κ2) is 17.1. The van der Waals surface area contributed by atoms with Crippen molar-refractivity contribution in [2.45, 2.75) is 69.7 Å². The fourth-order valence-electron chi connectivity index (χ4n) is 5.93. The number of hydrogen-bond acceptors (Lipinski definition) is 6. The van der Waals surface area contributed by atoms with Crippen LogP contribution in [0.5, 0.6) is 0 Å². The molecule has 0 amide bonds. The van der Waals surface area contributed by atoms with Crippen molar-refractivity contribution in [3.63, 3.8) is 0 Å². The molecule has 0 heterocycles. The first kappa shape index (κ1) is 32.8. The maximum absolute atomic E-state index is 12.2. The fraction of sp³-hybridized carbons (Fsp3) is 0.268. The molecule has 242 valence electrons. The molecule has 6 rings (SSSR count). The third-order valence-electron chi connectivity index (χ3n) is 8.39. The summed E-state index contributed by atoms with van der Waals surface area (Å²) in [6, 6.07) is 49.9. The molecule has 5 aromatic carbocycles. The molecule has 47 heavy (non-hydrogen) atoms. The van der Waals surface area contributed by atoms with Gasteiger partial charge in [-0.1, -0.05) is 152 Å². The molecule has 5 aromatic rings. The second-order valence-electron chi connectivity index (χ2n) is 11.8. The molecular weight excluding hydrogens is 588 g/mol. The fourth-order valence-corrected chi connectivity index (χ4v) is 5.93. The molecule has 0 radical (unpaired) electrons. The quantitative estimate of drug-likeness (QED) is 0.131. The Labute approximate surface area is 277 Å². The summed E-state index contributed by atoms with van der Waals surface area (Å²) in [5.74, 6) is 0. The maximum Gasteiger partial charge on any atom is 0.116 e. The van der Waals surface area contributed by atoms with E-state index < -0.39 is 36.6 Å². The Hall–Kier alpha value is -4.14. The smallest absolute Gasteiger partial charge is 0.116 e. The van der Waals surface area contributed by atoms with Crippen LogP contribution in [-0.2, 0) is 56.7 Å². The van der Waals surface area contributed by atoms with Gasteiger partial charge in [0.2, 0.25) is 0 Å². The number of benzene rings is 5. The Morgan fingerprint density at radius 1 is 0.298 bits per heavy atom. The van der Waals surface area contributed by atoms with Crippen molar-refractivity contribution in [3.8, 4) is 0 Å². The molecule has 6 atom stereocenters. The molecule has 1 fully saturated rings. The van der Waals surface area contributed by atoms with Crippen LogP contribution in [-0.4, -0.2) is 41.7 Å². The highest BCUT2D eigenvalue weighted by Gasteiger charge is 2.54. The van der Waals surface area contributed by atoms with E-state index in [1.165, 1.54) is 0 Å². The first-order valence-corrected chi connectivity index (χ1v) is 16.2. The lowest BCUT2D eigenvalue weighted by atomic mass is 9.83. The average molecular weight is 631 g/mol. The van der Waals surface area contributed by atoms with E-state index in [0.717, 1.165) is 27.8 Å². The molecule has 0 saturated heterocycles. The van der Waals surface area contributed by atoms with E-state index in [0.29, 0.717) is 33.0 Å². The maximum atomic E-state index is 12.2. The van der Waals surface area contributed by atoms with Crippen molar-refractivity contribution >= 4 is 0 Å². The average Bonchev–Trinajstić information content (AvgIpc) is 3.14. The van der Waals surface area contributed by atoms with E-state index in [1.54, 1.807) is 0 Å². The van der Waals surface area contributed by atoms with Crippen LogP contribution in [0, 0.1) is 0 Å². The summed E-state index contributed by atoms with van der Waals surface area (Å²) < 4.78 is 33.3. The monoisotopic (exact) mass is 630 g/mol. The largest absolute Gasteiger partial charge is 0.387 e. The van der Waals surface area contributed by atoms with Crippen LogP contribution in [0.25, 0.3) is 0 Å². The molecule has 6 heteroatoms. The van der Waals surface area contributed by atoms with Crippen LogP contribution in [0.15, 0.2) is 152 Å². The van der Waals surface area contributed by atoms with Crippen LogP contribution in [0.3, 0.4) is 0 Å². The van der Waals surface area contributed by atoms with E-state index in [-0.39, 0.29) is 0 Å². The summed E-state index contributed by atoms with van der Waals surface area (Å²) >= 11 is 0. The molecule has 0 aliphatic heterocycles. The number of aliphatic hydroxyl groups excluding tert-OH is 1. The van der Waals surface area contributed by atoms with Gasteiger partial charge in [-0.25, -0.2) is 0 Å². The van der Waals surface area contributed by atoms with Gasteiger partial charge in [-0.05, 0) is 27.8 Å². The third kappa shape index (κ3) is 9.24. The summed E-state index contributed by atoms with van der Waals surface area (Å²) in [6.07, 6.45) is -4.58. The molecule has 6 nitrogen and oxygen atoms in total. The zero-order valence-electron chi connectivity index (χ0n) is 26.4. The summed E-state index contributed by atoms with van der Waals surface area (Å²) in [5.41, 5.74) is 5.02. The van der Waals surface area contributed by atoms with E-state index in [2.05, 4.69) is 0 Å². The Morgan fingerprint density at radius 3 is 0.723 bits per heavy atom. The molecule has 2 unspecified atom stereocenters. The van der Waals surface area contributed by atoms with E-state index in [4.69, 9.17) is 23.7 Å². The van der Waals surface area contributed by atoms with Crippen LogP contribution < -0.4 is 0 Å². The third-order valence-corrected chi connectivity index (χ3v) is 8.39. The molecule has 0 bridgehead atoms. The molecule has 1 aliphatic rings. The van der Waals surface area contributed by atoms with Crippen molar-refractivity contribution < 1.29 is 28.8 Å². The van der Waals surface area contributed by atoms with Crippen molar-refractivity contribution in [1.29, 1.82) is 0 Å². The van der Waals surface area contributed by atoms with Gasteiger partial charge in [0.1, 0.15) is 36.6 Å². The van der Waals surface area contributed by atoms with E-state index >= 15 is 0 Å². The standard InChI is InChI=1S/C41H42O6/c42-36-37(43-26-31-16-6-1-7-17-31)39(45-28-33-20-10-3-11-21-33)41(47-30-35-24-14-5-15-25-35)40(46-29-34-22-12-4-13-23-34)38(36)44-27-32-18-8-2-9-19-32/h1-25,36-42H,26-30H2/t36?,37-,38+,39-,40-,41?/m1/s1. The van der Waals surface area contributed by atoms with Gasteiger partial charge < -0.3 is 28.8 Å². The normalized spacial score (nSPS) is 22.6. The van der Waals surface area contributed by atoms with Gasteiger partial charge in [-0.2, -0.15) is 0 Å². The Morgan fingerprint density at radius 2 is 0.489 bits per heavy atom. The summed E-state index contributed by atoms with van der Waals surface area (Å²) in [5, 5.41) is 12.2. The lowest BCUT2D eigenvalue weighted by Crippen LogP contribution is -2.66. The van der Waals surface area contributed by atoms with Gasteiger partial charge in [0.25, 0.3) is 0 Å². The molecule has 0 aromatic heterocycles. The van der Waals surface area contributed by atoms with Gasteiger partial charge in [0.05, 0.1) is 33.0 Å². The minimum atomic E-state index is -1.07. The van der Waals surface area contributed by atoms with Crippen molar-refractivity contribution in [1.82, 2.24) is 0 Å². The zero-order valence-corrected chi connectivity index (χ0v) is 26.4. The van der Waals surface area contributed by atoms with Crippen LogP contribution in [0.1, 0.15) is 27.8 Å². The van der Waals surface area contributed by atoms with Crippen LogP contribution in [0.4, 0.5) is 0 Å². The number of hydrogen-bond donors (Lipinski definition) is 1. The SMILES string of the molecule is OC1[C@@H](OCc2ccccc2)[C@@H](OCc2ccccc2)C(OCc2ccccc2)[C@H](OCc2ccccc2)[C@H]1OCc1ccccc1. The summed E-state index contributed by atoms with van der Waals surface area (Å²) in [4.78, 5) is 0. The number of rotatable bonds is 15. The molecular formula is C41H42O6. The number of ether oxygens (including phenoxy) is 5. The minimum Gasteiger partial charge on any atom is -0.387 e. The predicted molar refractivity (Wildman–Crippen MR) is 181 cm³/mol. The van der Waals surface area contributed by atoms with Crippen LogP contribution >= 0.6 is 0 Å². The lowest BCUT2D eigenvalue weighted by Gasteiger charge is -2.48. The predicted octanol–water partition coefficient (Wildman–Crippen LogP) is 7.29. The molecule has 0 spiro atoms. The highest BCUT2D eigenvalue weighted by Crippen LogP contribution is 2.35. The van der Waals surface area contributed by atoms with E-state index in [9.17, 15) is 5.11 Å². The number of aliphatic hydroxyl groups is 1. The lowest BCUT2D eigenvalue weighted by molar-refractivity contribution is -0.283. The first-order chi connectivity index (χ1) is 23.2.